The van der Waals surface area contributed by atoms with Crippen molar-refractivity contribution < 1.29 is 19.5 Å². The van der Waals surface area contributed by atoms with Crippen LogP contribution in [0, 0.1) is 5.92 Å². The van der Waals surface area contributed by atoms with E-state index in [2.05, 4.69) is 16.0 Å². The molecule has 2 atom stereocenters. The standard InChI is InChI=1S/C13H25N3O4/c1-4-6-14-12(19)9(3)16-13(20)15-8-10(5-2)7-11(17)18/h9-10H,4-8H2,1-3H3,(H,14,19)(H,17,18)(H2,15,16,20). The molecule has 0 saturated heterocycles. The van der Waals surface area contributed by atoms with Crippen LogP contribution in [0.3, 0.4) is 0 Å². The third-order valence-corrected chi connectivity index (χ3v) is 2.88. The van der Waals surface area contributed by atoms with Crippen LogP contribution in [-0.2, 0) is 9.59 Å². The van der Waals surface area contributed by atoms with Crippen LogP contribution in [0.25, 0.3) is 0 Å². The van der Waals surface area contributed by atoms with Crippen molar-refractivity contribution in [3.05, 3.63) is 0 Å². The number of rotatable bonds is 9. The van der Waals surface area contributed by atoms with E-state index in [9.17, 15) is 14.4 Å². The van der Waals surface area contributed by atoms with Gasteiger partial charge >= 0.3 is 12.0 Å². The van der Waals surface area contributed by atoms with Gasteiger partial charge in [-0.15, -0.1) is 0 Å². The zero-order valence-corrected chi connectivity index (χ0v) is 12.4. The summed E-state index contributed by atoms with van der Waals surface area (Å²) in [6.07, 6.45) is 1.51. The zero-order chi connectivity index (χ0) is 15.5. The SMILES string of the molecule is CCCNC(=O)C(C)NC(=O)NCC(CC)CC(=O)O. The van der Waals surface area contributed by atoms with Gasteiger partial charge in [0.25, 0.3) is 0 Å². The van der Waals surface area contributed by atoms with Crippen molar-refractivity contribution in [1.82, 2.24) is 16.0 Å². The highest BCUT2D eigenvalue weighted by atomic mass is 16.4. The number of urea groups is 1. The maximum Gasteiger partial charge on any atom is 0.315 e. The number of hydrogen-bond acceptors (Lipinski definition) is 3. The Hall–Kier alpha value is -1.79. The van der Waals surface area contributed by atoms with Gasteiger partial charge in [0.1, 0.15) is 6.04 Å². The maximum atomic E-state index is 11.6. The van der Waals surface area contributed by atoms with Crippen molar-refractivity contribution in [2.24, 2.45) is 5.92 Å². The smallest absolute Gasteiger partial charge is 0.315 e. The Labute approximate surface area is 119 Å². The lowest BCUT2D eigenvalue weighted by Crippen LogP contribution is -2.49. The first kappa shape index (κ1) is 18.2. The monoisotopic (exact) mass is 287 g/mol. The van der Waals surface area contributed by atoms with E-state index in [4.69, 9.17) is 5.11 Å². The second-order valence-electron chi connectivity index (χ2n) is 4.74. The Morgan fingerprint density at radius 2 is 1.80 bits per heavy atom. The van der Waals surface area contributed by atoms with Crippen LogP contribution < -0.4 is 16.0 Å². The van der Waals surface area contributed by atoms with Crippen molar-refractivity contribution >= 4 is 17.9 Å². The molecule has 0 saturated carbocycles. The number of carbonyl (C=O) groups excluding carboxylic acids is 2. The Bertz CT molecular complexity index is 334. The lowest BCUT2D eigenvalue weighted by molar-refractivity contribution is -0.138. The fourth-order valence-electron chi connectivity index (χ4n) is 1.56. The van der Waals surface area contributed by atoms with E-state index in [0.717, 1.165) is 6.42 Å². The summed E-state index contributed by atoms with van der Waals surface area (Å²) in [5, 5.41) is 16.5. The van der Waals surface area contributed by atoms with E-state index in [1.54, 1.807) is 6.92 Å². The molecule has 2 unspecified atom stereocenters. The Kier molecular flexibility index (Phi) is 9.15. The van der Waals surface area contributed by atoms with Gasteiger partial charge in [0.15, 0.2) is 0 Å². The van der Waals surface area contributed by atoms with E-state index >= 15 is 0 Å². The molecule has 0 rings (SSSR count). The second kappa shape index (κ2) is 10.1. The fourth-order valence-corrected chi connectivity index (χ4v) is 1.56. The van der Waals surface area contributed by atoms with E-state index in [0.29, 0.717) is 13.0 Å². The van der Waals surface area contributed by atoms with Gasteiger partial charge in [0.05, 0.1) is 0 Å². The highest BCUT2D eigenvalue weighted by Gasteiger charge is 2.16. The molecule has 116 valence electrons. The highest BCUT2D eigenvalue weighted by molar-refractivity contribution is 5.86. The van der Waals surface area contributed by atoms with Gasteiger partial charge in [0, 0.05) is 19.5 Å². The normalized spacial score (nSPS) is 13.2. The summed E-state index contributed by atoms with van der Waals surface area (Å²) < 4.78 is 0. The molecule has 3 amide bonds. The number of nitrogens with one attached hydrogen (secondary N) is 3. The largest absolute Gasteiger partial charge is 0.481 e. The minimum absolute atomic E-state index is 0.0172. The zero-order valence-electron chi connectivity index (χ0n) is 12.4. The van der Waals surface area contributed by atoms with Crippen LogP contribution in [0.2, 0.25) is 0 Å². The predicted octanol–water partition coefficient (Wildman–Crippen LogP) is 0.701. The first-order valence-corrected chi connectivity index (χ1v) is 6.94. The minimum atomic E-state index is -0.883. The average molecular weight is 287 g/mol. The molecule has 0 radical (unpaired) electrons. The van der Waals surface area contributed by atoms with Gasteiger partial charge in [-0.25, -0.2) is 4.79 Å². The van der Waals surface area contributed by atoms with Crippen LogP contribution in [-0.4, -0.2) is 42.1 Å². The van der Waals surface area contributed by atoms with Gasteiger partial charge < -0.3 is 21.1 Å². The lowest BCUT2D eigenvalue weighted by Gasteiger charge is -2.17. The molecule has 0 fully saturated rings. The molecule has 0 aromatic rings. The summed E-state index contributed by atoms with van der Waals surface area (Å²) in [7, 11) is 0. The number of carboxylic acid groups (broad SMARTS) is 1. The van der Waals surface area contributed by atoms with Crippen molar-refractivity contribution in [3.8, 4) is 0 Å². The Morgan fingerprint density at radius 3 is 2.30 bits per heavy atom. The molecule has 0 heterocycles. The molecule has 4 N–H and O–H groups in total. The molecule has 20 heavy (non-hydrogen) atoms. The Morgan fingerprint density at radius 1 is 1.15 bits per heavy atom. The van der Waals surface area contributed by atoms with E-state index in [1.807, 2.05) is 13.8 Å². The summed E-state index contributed by atoms with van der Waals surface area (Å²) in [5.74, 6) is -1.23. The van der Waals surface area contributed by atoms with Gasteiger partial charge in [-0.3, -0.25) is 9.59 Å². The molecular formula is C13H25N3O4. The number of aliphatic carboxylic acids is 1. The molecule has 7 nitrogen and oxygen atoms in total. The summed E-state index contributed by atoms with van der Waals surface area (Å²) in [6, 6.07) is -1.09. The van der Waals surface area contributed by atoms with Gasteiger partial charge in [0.2, 0.25) is 5.91 Å². The summed E-state index contributed by atoms with van der Waals surface area (Å²) in [5.41, 5.74) is 0. The molecule has 7 heteroatoms. The molecular weight excluding hydrogens is 262 g/mol. The van der Waals surface area contributed by atoms with Crippen LogP contribution in [0.15, 0.2) is 0 Å². The molecule has 0 aliphatic carbocycles. The van der Waals surface area contributed by atoms with Crippen LogP contribution >= 0.6 is 0 Å². The molecule has 0 aromatic carbocycles. The first-order chi connectivity index (χ1) is 9.40. The van der Waals surface area contributed by atoms with Crippen molar-refractivity contribution in [2.45, 2.75) is 46.1 Å². The average Bonchev–Trinajstić information content (AvgIpc) is 2.40. The topological polar surface area (TPSA) is 108 Å². The minimum Gasteiger partial charge on any atom is -0.481 e. The van der Waals surface area contributed by atoms with Gasteiger partial charge in [-0.1, -0.05) is 20.3 Å². The van der Waals surface area contributed by atoms with E-state index in [1.165, 1.54) is 0 Å². The van der Waals surface area contributed by atoms with Crippen LogP contribution in [0.5, 0.6) is 0 Å². The molecule has 0 spiro atoms. The van der Waals surface area contributed by atoms with Gasteiger partial charge in [-0.2, -0.15) is 0 Å². The summed E-state index contributed by atoms with van der Waals surface area (Å²) in [4.78, 5) is 33.7. The highest BCUT2D eigenvalue weighted by Crippen LogP contribution is 2.06. The third kappa shape index (κ3) is 8.34. The predicted molar refractivity (Wildman–Crippen MR) is 75.3 cm³/mol. The van der Waals surface area contributed by atoms with Crippen LogP contribution in [0.4, 0.5) is 4.79 Å². The number of carbonyl (C=O) groups is 3. The maximum absolute atomic E-state index is 11.6. The quantitative estimate of drug-likeness (QED) is 0.500. The number of amides is 3. The molecule has 0 aliphatic heterocycles. The fraction of sp³-hybridized carbons (Fsp3) is 0.769. The first-order valence-electron chi connectivity index (χ1n) is 6.94. The van der Waals surface area contributed by atoms with E-state index < -0.39 is 18.0 Å². The number of hydrogen-bond donors (Lipinski definition) is 4. The molecule has 0 aromatic heterocycles. The number of carboxylic acids is 1. The van der Waals surface area contributed by atoms with Crippen molar-refractivity contribution in [1.29, 1.82) is 0 Å². The molecule has 0 aliphatic rings. The van der Waals surface area contributed by atoms with Gasteiger partial charge in [-0.05, 0) is 19.3 Å². The Balaban J connectivity index is 4.03. The van der Waals surface area contributed by atoms with Crippen molar-refractivity contribution in [3.63, 3.8) is 0 Å². The second-order valence-corrected chi connectivity index (χ2v) is 4.74. The third-order valence-electron chi connectivity index (χ3n) is 2.88. The van der Waals surface area contributed by atoms with Crippen molar-refractivity contribution in [2.75, 3.05) is 13.1 Å². The molecule has 0 bridgehead atoms. The summed E-state index contributed by atoms with van der Waals surface area (Å²) >= 11 is 0. The lowest BCUT2D eigenvalue weighted by atomic mass is 10.0. The summed E-state index contributed by atoms with van der Waals surface area (Å²) in [6.45, 7) is 6.26. The van der Waals surface area contributed by atoms with Crippen LogP contribution in [0.1, 0.15) is 40.0 Å². The van der Waals surface area contributed by atoms with E-state index in [-0.39, 0.29) is 24.8 Å².